The number of nitriles is 1. The van der Waals surface area contributed by atoms with Crippen molar-refractivity contribution in [3.63, 3.8) is 0 Å². The van der Waals surface area contributed by atoms with Crippen LogP contribution in [0.25, 0.3) is 0 Å². The number of alkyl halides is 3. The summed E-state index contributed by atoms with van der Waals surface area (Å²) in [5, 5.41) is 16.9. The van der Waals surface area contributed by atoms with Crippen LogP contribution >= 0.6 is 0 Å². The first-order valence-corrected chi connectivity index (χ1v) is 9.92. The van der Waals surface area contributed by atoms with Gasteiger partial charge in [-0.05, 0) is 42.0 Å². The number of primary sulfonamides is 1. The molecule has 0 fully saturated rings. The fourth-order valence-corrected chi connectivity index (χ4v) is 3.41. The number of anilines is 2. The standard InChI is InChI=1S/C19H14F3N5O2S/c20-19(21,22)14-3-6-18(26-11-14)27-16-5-2-13(17(8-16)30(24,28)29)7-15-4-1-12(9-23)10-25-15/h1-6,8,10-11H,7H2,(H,26,27)(H2,24,28,29). The second kappa shape index (κ2) is 8.10. The summed E-state index contributed by atoms with van der Waals surface area (Å²) in [5.41, 5.74) is 0.657. The van der Waals surface area contributed by atoms with Gasteiger partial charge in [0.05, 0.1) is 16.0 Å². The van der Waals surface area contributed by atoms with Gasteiger partial charge in [0.25, 0.3) is 0 Å². The number of hydrogen-bond acceptors (Lipinski definition) is 6. The summed E-state index contributed by atoms with van der Waals surface area (Å²) in [6, 6.07) is 11.4. The van der Waals surface area contributed by atoms with Crippen molar-refractivity contribution in [2.75, 3.05) is 5.32 Å². The lowest BCUT2D eigenvalue weighted by Crippen LogP contribution is -2.15. The minimum absolute atomic E-state index is 0.102. The predicted octanol–water partition coefficient (Wildman–Crippen LogP) is 3.35. The molecule has 0 radical (unpaired) electrons. The van der Waals surface area contributed by atoms with Crippen LogP contribution in [0.5, 0.6) is 0 Å². The molecule has 0 saturated heterocycles. The van der Waals surface area contributed by atoms with Crippen molar-refractivity contribution in [2.24, 2.45) is 5.14 Å². The topological polar surface area (TPSA) is 122 Å². The highest BCUT2D eigenvalue weighted by Crippen LogP contribution is 2.30. The van der Waals surface area contributed by atoms with Crippen LogP contribution in [-0.2, 0) is 22.6 Å². The Morgan fingerprint density at radius 2 is 1.83 bits per heavy atom. The van der Waals surface area contributed by atoms with E-state index in [4.69, 9.17) is 10.4 Å². The number of rotatable bonds is 5. The van der Waals surface area contributed by atoms with E-state index in [1.165, 1.54) is 18.3 Å². The van der Waals surface area contributed by atoms with Crippen molar-refractivity contribution in [1.29, 1.82) is 5.26 Å². The van der Waals surface area contributed by atoms with E-state index in [2.05, 4.69) is 15.3 Å². The zero-order chi connectivity index (χ0) is 21.9. The molecule has 3 rings (SSSR count). The molecule has 0 aliphatic heterocycles. The van der Waals surface area contributed by atoms with Crippen molar-refractivity contribution in [3.05, 3.63) is 77.2 Å². The molecular formula is C19H14F3N5O2S. The normalized spacial score (nSPS) is 11.7. The van der Waals surface area contributed by atoms with Gasteiger partial charge in [0.2, 0.25) is 10.0 Å². The van der Waals surface area contributed by atoms with Gasteiger partial charge in [-0.1, -0.05) is 6.07 Å². The molecule has 30 heavy (non-hydrogen) atoms. The molecule has 154 valence electrons. The Bertz CT molecular complexity index is 1200. The number of pyridine rings is 2. The van der Waals surface area contributed by atoms with Gasteiger partial charge in [-0.25, -0.2) is 18.5 Å². The largest absolute Gasteiger partial charge is 0.417 e. The molecule has 0 aliphatic carbocycles. The molecule has 0 saturated carbocycles. The molecular weight excluding hydrogens is 419 g/mol. The van der Waals surface area contributed by atoms with Crippen LogP contribution in [0.15, 0.2) is 59.8 Å². The Morgan fingerprint density at radius 1 is 1.07 bits per heavy atom. The molecule has 0 bridgehead atoms. The van der Waals surface area contributed by atoms with Crippen LogP contribution in [0, 0.1) is 11.3 Å². The van der Waals surface area contributed by atoms with Crippen LogP contribution in [-0.4, -0.2) is 18.4 Å². The maximum Gasteiger partial charge on any atom is 0.417 e. The summed E-state index contributed by atoms with van der Waals surface area (Å²) < 4.78 is 62.0. The van der Waals surface area contributed by atoms with Gasteiger partial charge in [-0.2, -0.15) is 18.4 Å². The lowest BCUT2D eigenvalue weighted by atomic mass is 10.1. The molecule has 11 heteroatoms. The van der Waals surface area contributed by atoms with Crippen molar-refractivity contribution < 1.29 is 21.6 Å². The van der Waals surface area contributed by atoms with Crippen molar-refractivity contribution in [2.45, 2.75) is 17.5 Å². The number of hydrogen-bond donors (Lipinski definition) is 2. The summed E-state index contributed by atoms with van der Waals surface area (Å²) in [6.07, 6.45) is -2.31. The minimum atomic E-state index is -4.51. The number of benzene rings is 1. The summed E-state index contributed by atoms with van der Waals surface area (Å²) in [7, 11) is -4.10. The highest BCUT2D eigenvalue weighted by atomic mass is 32.2. The molecule has 0 aliphatic rings. The van der Waals surface area contributed by atoms with Crippen molar-refractivity contribution in [1.82, 2.24) is 9.97 Å². The molecule has 0 unspecified atom stereocenters. The zero-order valence-corrected chi connectivity index (χ0v) is 16.0. The second-order valence-corrected chi connectivity index (χ2v) is 7.78. The zero-order valence-electron chi connectivity index (χ0n) is 15.2. The summed E-state index contributed by atoms with van der Waals surface area (Å²) in [4.78, 5) is 7.64. The molecule has 1 aromatic carbocycles. The molecule has 0 atom stereocenters. The average molecular weight is 433 g/mol. The monoisotopic (exact) mass is 433 g/mol. The first-order chi connectivity index (χ1) is 14.1. The Hall–Kier alpha value is -3.49. The molecule has 3 N–H and O–H groups in total. The average Bonchev–Trinajstić information content (AvgIpc) is 2.68. The maximum absolute atomic E-state index is 12.6. The van der Waals surface area contributed by atoms with Crippen LogP contribution in [0.1, 0.15) is 22.4 Å². The van der Waals surface area contributed by atoms with E-state index in [1.54, 1.807) is 18.2 Å². The molecule has 2 aromatic heterocycles. The van der Waals surface area contributed by atoms with Crippen LogP contribution in [0.3, 0.4) is 0 Å². The number of nitrogens with one attached hydrogen (secondary N) is 1. The Balaban J connectivity index is 1.88. The smallest absolute Gasteiger partial charge is 0.340 e. The van der Waals surface area contributed by atoms with E-state index in [-0.39, 0.29) is 22.8 Å². The first kappa shape index (κ1) is 21.2. The SMILES string of the molecule is N#Cc1ccc(Cc2ccc(Nc3ccc(C(F)(F)F)cn3)cc2S(N)(=O)=O)nc1. The lowest BCUT2D eigenvalue weighted by Gasteiger charge is -2.12. The predicted molar refractivity (Wildman–Crippen MR) is 102 cm³/mol. The molecule has 0 spiro atoms. The number of halogens is 3. The van der Waals surface area contributed by atoms with Gasteiger partial charge in [0, 0.05) is 30.2 Å². The van der Waals surface area contributed by atoms with Gasteiger partial charge in [-0.3, -0.25) is 4.98 Å². The van der Waals surface area contributed by atoms with E-state index >= 15 is 0 Å². The summed E-state index contributed by atoms with van der Waals surface area (Å²) in [5.74, 6) is 0.102. The fraction of sp³-hybridized carbons (Fsp3) is 0.105. The minimum Gasteiger partial charge on any atom is -0.340 e. The third-order valence-electron chi connectivity index (χ3n) is 4.06. The first-order valence-electron chi connectivity index (χ1n) is 8.37. The van der Waals surface area contributed by atoms with Crippen LogP contribution in [0.2, 0.25) is 0 Å². The third-order valence-corrected chi connectivity index (χ3v) is 5.06. The molecule has 2 heterocycles. The Kier molecular flexibility index (Phi) is 5.73. The van der Waals surface area contributed by atoms with Crippen LogP contribution in [0.4, 0.5) is 24.7 Å². The van der Waals surface area contributed by atoms with E-state index in [0.29, 0.717) is 23.0 Å². The Labute approximate surface area is 170 Å². The van der Waals surface area contributed by atoms with Crippen LogP contribution < -0.4 is 10.5 Å². The van der Waals surface area contributed by atoms with Gasteiger partial charge in [0.15, 0.2) is 0 Å². The van der Waals surface area contributed by atoms with Crippen molar-refractivity contribution >= 4 is 21.5 Å². The van der Waals surface area contributed by atoms with Gasteiger partial charge < -0.3 is 5.32 Å². The molecule has 7 nitrogen and oxygen atoms in total. The lowest BCUT2D eigenvalue weighted by molar-refractivity contribution is -0.137. The Morgan fingerprint density at radius 3 is 2.37 bits per heavy atom. The quantitative estimate of drug-likeness (QED) is 0.636. The fourth-order valence-electron chi connectivity index (χ4n) is 2.62. The number of nitrogens with zero attached hydrogens (tertiary/aromatic N) is 3. The second-order valence-electron chi connectivity index (χ2n) is 6.25. The summed E-state index contributed by atoms with van der Waals surface area (Å²) >= 11 is 0. The van der Waals surface area contributed by atoms with Gasteiger partial charge in [-0.15, -0.1) is 0 Å². The van der Waals surface area contributed by atoms with E-state index < -0.39 is 21.8 Å². The van der Waals surface area contributed by atoms with E-state index in [9.17, 15) is 21.6 Å². The number of aromatic nitrogens is 2. The number of sulfonamides is 1. The molecule has 0 amide bonds. The van der Waals surface area contributed by atoms with E-state index in [0.717, 1.165) is 12.1 Å². The van der Waals surface area contributed by atoms with Crippen molar-refractivity contribution in [3.8, 4) is 6.07 Å². The number of nitrogens with two attached hydrogens (primary N) is 1. The highest BCUT2D eigenvalue weighted by molar-refractivity contribution is 7.89. The third kappa shape index (κ3) is 5.11. The van der Waals surface area contributed by atoms with E-state index in [1.807, 2.05) is 6.07 Å². The highest BCUT2D eigenvalue weighted by Gasteiger charge is 2.30. The van der Waals surface area contributed by atoms with Gasteiger partial charge >= 0.3 is 6.18 Å². The molecule has 3 aromatic rings. The van der Waals surface area contributed by atoms with Gasteiger partial charge in [0.1, 0.15) is 11.9 Å². The maximum atomic E-state index is 12.6. The summed E-state index contributed by atoms with van der Waals surface area (Å²) in [6.45, 7) is 0.